The summed E-state index contributed by atoms with van der Waals surface area (Å²) in [5, 5.41) is 6.20. The molecule has 0 bridgehead atoms. The molecule has 31 heavy (non-hydrogen) atoms. The van der Waals surface area contributed by atoms with Crippen LogP contribution in [-0.2, 0) is 17.9 Å². The molecule has 1 aromatic heterocycles. The number of rotatable bonds is 6. The first kappa shape index (κ1) is 21.5. The zero-order valence-corrected chi connectivity index (χ0v) is 17.4. The van der Waals surface area contributed by atoms with Gasteiger partial charge in [-0.2, -0.15) is 0 Å². The maximum atomic E-state index is 12.8. The Hall–Kier alpha value is -2.78. The number of carbonyl (C=O) groups is 2. The summed E-state index contributed by atoms with van der Waals surface area (Å²) in [4.78, 5) is 31.0. The molecule has 164 valence electrons. The van der Waals surface area contributed by atoms with E-state index in [0.717, 1.165) is 0 Å². The molecule has 1 saturated carbocycles. The van der Waals surface area contributed by atoms with Gasteiger partial charge in [0.1, 0.15) is 11.5 Å². The highest BCUT2D eigenvalue weighted by Crippen LogP contribution is 2.37. The summed E-state index contributed by atoms with van der Waals surface area (Å²) in [6.45, 7) is 1.52. The smallest absolute Gasteiger partial charge is 0.273 e. The average Bonchev–Trinajstić information content (AvgIpc) is 3.14. The van der Waals surface area contributed by atoms with Gasteiger partial charge in [0.15, 0.2) is 0 Å². The second-order valence-corrected chi connectivity index (χ2v) is 8.08. The number of amides is 2. The van der Waals surface area contributed by atoms with Gasteiger partial charge in [0.25, 0.3) is 11.8 Å². The van der Waals surface area contributed by atoms with Crippen LogP contribution in [-0.4, -0.2) is 51.3 Å². The van der Waals surface area contributed by atoms with Crippen molar-refractivity contribution in [2.45, 2.75) is 37.9 Å². The molecule has 4 rings (SSSR count). The fourth-order valence-corrected chi connectivity index (χ4v) is 3.87. The van der Waals surface area contributed by atoms with Crippen LogP contribution in [0.3, 0.4) is 0 Å². The molecule has 2 aliphatic rings. The number of hydrogen-bond donors (Lipinski definition) is 2. The summed E-state index contributed by atoms with van der Waals surface area (Å²) in [6, 6.07) is 6.76. The molecular weight excluding hydrogens is 428 g/mol. The maximum absolute atomic E-state index is 12.8. The fourth-order valence-electron chi connectivity index (χ4n) is 3.68. The van der Waals surface area contributed by atoms with Gasteiger partial charge in [-0.25, -0.2) is 13.8 Å². The van der Waals surface area contributed by atoms with E-state index in [2.05, 4.69) is 15.6 Å². The molecule has 0 atom stereocenters. The van der Waals surface area contributed by atoms with Crippen LogP contribution in [0.2, 0.25) is 5.02 Å². The minimum absolute atomic E-state index is 0.157. The van der Waals surface area contributed by atoms with Crippen molar-refractivity contribution in [3.8, 4) is 0 Å². The first-order chi connectivity index (χ1) is 14.8. The van der Waals surface area contributed by atoms with Crippen LogP contribution in [0.15, 0.2) is 42.6 Å². The fraction of sp³-hybridized carbons (Fsp3) is 0.381. The summed E-state index contributed by atoms with van der Waals surface area (Å²) in [5.74, 6) is -2.45. The number of carbonyl (C=O) groups excluding carboxylic acids is 2. The van der Waals surface area contributed by atoms with E-state index in [0.29, 0.717) is 41.9 Å². The van der Waals surface area contributed by atoms with Crippen LogP contribution in [0.5, 0.6) is 0 Å². The number of imidazole rings is 1. The lowest BCUT2D eigenvalue weighted by Crippen LogP contribution is -2.48. The Morgan fingerprint density at radius 3 is 2.77 bits per heavy atom. The van der Waals surface area contributed by atoms with Gasteiger partial charge in [-0.05, 0) is 12.1 Å². The summed E-state index contributed by atoms with van der Waals surface area (Å²) < 4.78 is 27.4. The van der Waals surface area contributed by atoms with Crippen LogP contribution in [0.1, 0.15) is 29.2 Å². The molecule has 0 spiro atoms. The van der Waals surface area contributed by atoms with Crippen LogP contribution < -0.4 is 10.6 Å². The number of alkyl halides is 2. The van der Waals surface area contributed by atoms with Gasteiger partial charge >= 0.3 is 0 Å². The minimum atomic E-state index is -2.56. The maximum Gasteiger partial charge on any atom is 0.273 e. The Morgan fingerprint density at radius 1 is 1.26 bits per heavy atom. The number of hydrogen-bond acceptors (Lipinski definition) is 4. The minimum Gasteiger partial charge on any atom is -0.330 e. The van der Waals surface area contributed by atoms with Crippen LogP contribution in [0, 0.1) is 0 Å². The molecule has 1 aliphatic heterocycles. The second-order valence-electron chi connectivity index (χ2n) is 7.68. The lowest BCUT2D eigenvalue weighted by atomic mass is 9.88. The Kier molecular flexibility index (Phi) is 6.06. The molecule has 7 nitrogen and oxygen atoms in total. The third kappa shape index (κ3) is 4.94. The van der Waals surface area contributed by atoms with E-state index in [1.807, 2.05) is 0 Å². The summed E-state index contributed by atoms with van der Waals surface area (Å²) in [7, 11) is 0. The van der Waals surface area contributed by atoms with Gasteiger partial charge in [-0.1, -0.05) is 29.8 Å². The Balaban J connectivity index is 1.31. The Labute approximate surface area is 183 Å². The van der Waals surface area contributed by atoms with Gasteiger partial charge in [0, 0.05) is 44.6 Å². The van der Waals surface area contributed by atoms with Gasteiger partial charge < -0.3 is 20.1 Å². The molecule has 2 heterocycles. The van der Waals surface area contributed by atoms with E-state index >= 15 is 0 Å². The molecule has 0 unspecified atom stereocenters. The Morgan fingerprint density at radius 2 is 2.03 bits per heavy atom. The predicted octanol–water partition coefficient (Wildman–Crippen LogP) is 3.07. The first-order valence-corrected chi connectivity index (χ1v) is 10.4. The number of benzene rings is 1. The van der Waals surface area contributed by atoms with Gasteiger partial charge in [-0.3, -0.25) is 9.59 Å². The molecule has 10 heteroatoms. The number of nitrogens with one attached hydrogen (secondary N) is 2. The quantitative estimate of drug-likeness (QED) is 0.664. The molecule has 1 aliphatic carbocycles. The van der Waals surface area contributed by atoms with E-state index in [4.69, 9.17) is 11.6 Å². The topological polar surface area (TPSA) is 79.3 Å². The molecule has 1 fully saturated rings. The number of fused-ring (bicyclic) bond motifs is 1. The standard InChI is InChI=1S/C21H22ClF2N5O2/c22-15-4-1-2-5-16(15)27-20(31)17-12-26-18-13-28(8-9-29(17)18)19(30)6-3-7-25-14-10-21(23,24)11-14/h1-6,12,14,25H,7-11,13H2,(H,27,31)/b6-3+. The highest BCUT2D eigenvalue weighted by molar-refractivity contribution is 6.33. The first-order valence-electron chi connectivity index (χ1n) is 9.99. The van der Waals surface area contributed by atoms with Crippen molar-refractivity contribution in [2.75, 3.05) is 18.4 Å². The lowest BCUT2D eigenvalue weighted by molar-refractivity contribution is -0.127. The van der Waals surface area contributed by atoms with Gasteiger partial charge in [0.2, 0.25) is 5.91 Å². The molecule has 0 saturated heterocycles. The number of aromatic nitrogens is 2. The van der Waals surface area contributed by atoms with Crippen molar-refractivity contribution in [3.05, 3.63) is 59.2 Å². The van der Waals surface area contributed by atoms with Crippen molar-refractivity contribution in [1.82, 2.24) is 19.8 Å². The second kappa shape index (κ2) is 8.76. The summed E-state index contributed by atoms with van der Waals surface area (Å²) >= 11 is 6.09. The monoisotopic (exact) mass is 449 g/mol. The molecule has 2 amide bonds. The van der Waals surface area contributed by atoms with Gasteiger partial charge in [-0.15, -0.1) is 0 Å². The van der Waals surface area contributed by atoms with Crippen molar-refractivity contribution in [1.29, 1.82) is 0 Å². The van der Waals surface area contributed by atoms with Crippen molar-refractivity contribution in [2.24, 2.45) is 0 Å². The molecule has 1 aromatic carbocycles. The van der Waals surface area contributed by atoms with E-state index in [-0.39, 0.29) is 37.2 Å². The van der Waals surface area contributed by atoms with Crippen molar-refractivity contribution in [3.63, 3.8) is 0 Å². The number of anilines is 1. The van der Waals surface area contributed by atoms with E-state index < -0.39 is 5.92 Å². The number of halogens is 3. The summed E-state index contributed by atoms with van der Waals surface area (Å²) in [5.41, 5.74) is 0.917. The van der Waals surface area contributed by atoms with E-state index in [1.165, 1.54) is 12.3 Å². The Bertz CT molecular complexity index is 1010. The lowest BCUT2D eigenvalue weighted by Gasteiger charge is -2.35. The molecule has 2 aromatic rings. The van der Waals surface area contributed by atoms with Crippen LogP contribution in [0.4, 0.5) is 14.5 Å². The van der Waals surface area contributed by atoms with Gasteiger partial charge in [0.05, 0.1) is 23.5 Å². The van der Waals surface area contributed by atoms with E-state index in [9.17, 15) is 18.4 Å². The number of para-hydroxylation sites is 1. The van der Waals surface area contributed by atoms with Crippen molar-refractivity contribution < 1.29 is 18.4 Å². The zero-order chi connectivity index (χ0) is 22.0. The highest BCUT2D eigenvalue weighted by Gasteiger charge is 2.44. The number of nitrogens with zero attached hydrogens (tertiary/aromatic N) is 3. The van der Waals surface area contributed by atoms with Crippen LogP contribution >= 0.6 is 11.6 Å². The molecule has 2 N–H and O–H groups in total. The van der Waals surface area contributed by atoms with E-state index in [1.54, 1.807) is 39.8 Å². The highest BCUT2D eigenvalue weighted by atomic mass is 35.5. The molecule has 0 radical (unpaired) electrons. The normalized spacial score (nSPS) is 18.0. The predicted molar refractivity (Wildman–Crippen MR) is 112 cm³/mol. The zero-order valence-electron chi connectivity index (χ0n) is 16.7. The summed E-state index contributed by atoms with van der Waals surface area (Å²) in [6.07, 6.45) is 4.26. The van der Waals surface area contributed by atoms with Crippen molar-refractivity contribution >= 4 is 29.1 Å². The largest absolute Gasteiger partial charge is 0.330 e. The third-order valence-electron chi connectivity index (χ3n) is 5.41. The SMILES string of the molecule is O=C(Nc1ccccc1Cl)c1cnc2n1CCN(C(=O)/C=C/CNC1CC(F)(F)C1)C2. The third-order valence-corrected chi connectivity index (χ3v) is 5.73. The average molecular weight is 450 g/mol. The molecular formula is C21H22ClF2N5O2. The van der Waals surface area contributed by atoms with Crippen LogP contribution in [0.25, 0.3) is 0 Å².